The highest BCUT2D eigenvalue weighted by molar-refractivity contribution is 7.16. The van der Waals surface area contributed by atoms with E-state index in [2.05, 4.69) is 4.98 Å². The van der Waals surface area contributed by atoms with Gasteiger partial charge in [0.2, 0.25) is 0 Å². The lowest BCUT2D eigenvalue weighted by Crippen LogP contribution is -2.07. The third-order valence-corrected chi connectivity index (χ3v) is 3.02. The maximum absolute atomic E-state index is 10.7. The average Bonchev–Trinajstić information content (AvgIpc) is 2.59. The largest absolute Gasteiger partial charge is 0.481 e. The van der Waals surface area contributed by atoms with E-state index in [0.717, 1.165) is 4.96 Å². The Morgan fingerprint density at radius 3 is 2.93 bits per heavy atom. The molecule has 0 aliphatic rings. The van der Waals surface area contributed by atoms with Gasteiger partial charge in [-0.1, -0.05) is 0 Å². The molecule has 0 fully saturated rings. The van der Waals surface area contributed by atoms with Gasteiger partial charge in [0.05, 0.1) is 11.6 Å². The van der Waals surface area contributed by atoms with Gasteiger partial charge in [-0.3, -0.25) is 9.20 Å². The van der Waals surface area contributed by atoms with E-state index in [1.165, 1.54) is 4.88 Å². The van der Waals surface area contributed by atoms with Crippen molar-refractivity contribution in [2.75, 3.05) is 0 Å². The van der Waals surface area contributed by atoms with Crippen LogP contribution in [0.15, 0.2) is 12.4 Å². The van der Waals surface area contributed by atoms with Crippen LogP contribution in [0.4, 0.5) is 0 Å². The second-order valence-corrected chi connectivity index (χ2v) is 4.47. The molecule has 2 aromatic heterocycles. The van der Waals surface area contributed by atoms with Gasteiger partial charge in [-0.15, -0.1) is 11.3 Å². The number of carboxylic acid groups (broad SMARTS) is 1. The third kappa shape index (κ3) is 1.39. The highest BCUT2D eigenvalue weighted by Gasteiger charge is 2.17. The molecule has 2 rings (SSSR count). The number of hydrogen-bond acceptors (Lipinski definition) is 3. The summed E-state index contributed by atoms with van der Waals surface area (Å²) in [6, 6.07) is 0. The van der Waals surface area contributed by atoms with Gasteiger partial charge in [-0.25, -0.2) is 4.98 Å². The molecule has 1 atom stereocenters. The maximum atomic E-state index is 10.7. The minimum absolute atomic E-state index is 0.539. The van der Waals surface area contributed by atoms with Gasteiger partial charge >= 0.3 is 5.97 Å². The van der Waals surface area contributed by atoms with E-state index in [1.807, 2.05) is 17.5 Å². The number of thiazole rings is 1. The van der Waals surface area contributed by atoms with Crippen LogP contribution in [0.1, 0.15) is 23.4 Å². The van der Waals surface area contributed by atoms with E-state index in [9.17, 15) is 4.79 Å². The molecule has 0 amide bonds. The minimum atomic E-state index is -0.840. The smallest absolute Gasteiger partial charge is 0.312 e. The number of fused-ring (bicyclic) bond motifs is 1. The van der Waals surface area contributed by atoms with E-state index < -0.39 is 11.9 Å². The van der Waals surface area contributed by atoms with Crippen molar-refractivity contribution in [1.29, 1.82) is 0 Å². The summed E-state index contributed by atoms with van der Waals surface area (Å²) in [7, 11) is 0. The summed E-state index contributed by atoms with van der Waals surface area (Å²) in [5, 5.41) is 8.81. The highest BCUT2D eigenvalue weighted by atomic mass is 32.1. The van der Waals surface area contributed by atoms with Crippen molar-refractivity contribution in [2.24, 2.45) is 0 Å². The van der Waals surface area contributed by atoms with Crippen molar-refractivity contribution in [3.05, 3.63) is 23.0 Å². The number of carboxylic acids is 1. The Bertz CT molecular complexity index is 454. The van der Waals surface area contributed by atoms with Gasteiger partial charge in [0.1, 0.15) is 0 Å². The summed E-state index contributed by atoms with van der Waals surface area (Å²) in [5.74, 6) is -1.38. The number of hydrogen-bond donors (Lipinski definition) is 1. The van der Waals surface area contributed by atoms with E-state index in [-0.39, 0.29) is 0 Å². The fraction of sp³-hybridized carbons (Fsp3) is 0.333. The lowest BCUT2D eigenvalue weighted by molar-refractivity contribution is -0.138. The van der Waals surface area contributed by atoms with E-state index in [0.29, 0.717) is 5.69 Å². The first kappa shape index (κ1) is 9.21. The zero-order valence-electron chi connectivity index (χ0n) is 7.89. The number of aliphatic carboxylic acids is 1. The summed E-state index contributed by atoms with van der Waals surface area (Å²) < 4.78 is 1.87. The molecule has 74 valence electrons. The van der Waals surface area contributed by atoms with Crippen LogP contribution in [0.3, 0.4) is 0 Å². The van der Waals surface area contributed by atoms with Crippen molar-refractivity contribution in [3.8, 4) is 0 Å². The van der Waals surface area contributed by atoms with E-state index in [4.69, 9.17) is 5.11 Å². The summed E-state index contributed by atoms with van der Waals surface area (Å²) in [6.07, 6.45) is 3.72. The molecule has 0 spiro atoms. The van der Waals surface area contributed by atoms with Gasteiger partial charge in [-0.2, -0.15) is 0 Å². The third-order valence-electron chi connectivity index (χ3n) is 2.10. The predicted molar refractivity (Wildman–Crippen MR) is 53.9 cm³/mol. The van der Waals surface area contributed by atoms with Crippen LogP contribution in [0.5, 0.6) is 0 Å². The van der Waals surface area contributed by atoms with E-state index in [1.54, 1.807) is 24.5 Å². The highest BCUT2D eigenvalue weighted by Crippen LogP contribution is 2.20. The van der Waals surface area contributed by atoms with Crippen LogP contribution in [-0.2, 0) is 4.79 Å². The molecule has 4 nitrogen and oxygen atoms in total. The second kappa shape index (κ2) is 3.09. The molecular formula is C9H10N2O2S. The van der Waals surface area contributed by atoms with Crippen molar-refractivity contribution >= 4 is 22.3 Å². The Kier molecular flexibility index (Phi) is 2.03. The molecule has 1 unspecified atom stereocenters. The molecule has 0 radical (unpaired) electrons. The van der Waals surface area contributed by atoms with Crippen LogP contribution in [0.2, 0.25) is 0 Å². The average molecular weight is 210 g/mol. The number of imidazole rings is 1. The van der Waals surface area contributed by atoms with Crippen molar-refractivity contribution in [3.63, 3.8) is 0 Å². The summed E-state index contributed by atoms with van der Waals surface area (Å²) in [6.45, 7) is 3.64. The van der Waals surface area contributed by atoms with Crippen LogP contribution < -0.4 is 0 Å². The molecule has 0 saturated heterocycles. The van der Waals surface area contributed by atoms with Crippen LogP contribution in [0.25, 0.3) is 4.96 Å². The van der Waals surface area contributed by atoms with Crippen molar-refractivity contribution in [1.82, 2.24) is 9.38 Å². The SMILES string of the molecule is Cc1cn2cc(C(C)C(=O)O)nc2s1. The Morgan fingerprint density at radius 1 is 1.64 bits per heavy atom. The molecule has 0 aliphatic heterocycles. The zero-order valence-corrected chi connectivity index (χ0v) is 8.71. The first-order valence-corrected chi connectivity index (χ1v) is 5.07. The summed E-state index contributed by atoms with van der Waals surface area (Å²) in [5.41, 5.74) is 0.615. The lowest BCUT2D eigenvalue weighted by atomic mass is 10.1. The van der Waals surface area contributed by atoms with Gasteiger partial charge in [0, 0.05) is 17.3 Å². The number of aryl methyl sites for hydroxylation is 1. The maximum Gasteiger partial charge on any atom is 0.312 e. The monoisotopic (exact) mass is 210 g/mol. The van der Waals surface area contributed by atoms with Crippen LogP contribution >= 0.6 is 11.3 Å². The molecule has 0 aliphatic carbocycles. The number of carbonyl (C=O) groups is 1. The molecule has 5 heteroatoms. The second-order valence-electron chi connectivity index (χ2n) is 3.26. The zero-order chi connectivity index (χ0) is 10.3. The summed E-state index contributed by atoms with van der Waals surface area (Å²) in [4.78, 5) is 17.0. The fourth-order valence-electron chi connectivity index (χ4n) is 1.26. The molecular weight excluding hydrogens is 200 g/mol. The van der Waals surface area contributed by atoms with Gasteiger partial charge in [0.25, 0.3) is 0 Å². The lowest BCUT2D eigenvalue weighted by Gasteiger charge is -1.99. The Labute approximate surface area is 84.8 Å². The summed E-state index contributed by atoms with van der Waals surface area (Å²) >= 11 is 1.56. The normalized spacial score (nSPS) is 13.3. The van der Waals surface area contributed by atoms with Gasteiger partial charge < -0.3 is 5.11 Å². The standard InChI is InChI=1S/C9H10N2O2S/c1-5-3-11-4-7(6(2)8(12)13)10-9(11)14-5/h3-4,6H,1-2H3,(H,12,13). The molecule has 14 heavy (non-hydrogen) atoms. The van der Waals surface area contributed by atoms with Crippen molar-refractivity contribution in [2.45, 2.75) is 19.8 Å². The Morgan fingerprint density at radius 2 is 2.36 bits per heavy atom. The van der Waals surface area contributed by atoms with Gasteiger partial charge in [0.15, 0.2) is 4.96 Å². The molecule has 2 heterocycles. The van der Waals surface area contributed by atoms with E-state index >= 15 is 0 Å². The first-order chi connectivity index (χ1) is 6.58. The van der Waals surface area contributed by atoms with Crippen LogP contribution in [-0.4, -0.2) is 20.5 Å². The quantitative estimate of drug-likeness (QED) is 0.823. The number of nitrogens with zero attached hydrogens (tertiary/aromatic N) is 2. The minimum Gasteiger partial charge on any atom is -0.481 e. The molecule has 1 N–H and O–H groups in total. The predicted octanol–water partition coefficient (Wildman–Crippen LogP) is 1.89. The van der Waals surface area contributed by atoms with Crippen molar-refractivity contribution < 1.29 is 9.90 Å². The van der Waals surface area contributed by atoms with Crippen LogP contribution in [0, 0.1) is 6.92 Å². The molecule has 0 aromatic carbocycles. The fourth-order valence-corrected chi connectivity index (χ4v) is 2.08. The Hall–Kier alpha value is -1.36. The number of rotatable bonds is 2. The van der Waals surface area contributed by atoms with Gasteiger partial charge in [-0.05, 0) is 13.8 Å². The molecule has 2 aromatic rings. The topological polar surface area (TPSA) is 54.6 Å². The molecule has 0 saturated carbocycles. The Balaban J connectivity index is 2.45. The number of aromatic nitrogens is 2. The molecule has 0 bridgehead atoms. The first-order valence-electron chi connectivity index (χ1n) is 4.26.